The summed E-state index contributed by atoms with van der Waals surface area (Å²) in [5.41, 5.74) is 2.86. The third-order valence-electron chi connectivity index (χ3n) is 5.85. The summed E-state index contributed by atoms with van der Waals surface area (Å²) < 4.78 is 0. The summed E-state index contributed by atoms with van der Waals surface area (Å²) in [5.74, 6) is 1.69. The quantitative estimate of drug-likeness (QED) is 0.479. The summed E-state index contributed by atoms with van der Waals surface area (Å²) in [6, 6.07) is 17.5. The van der Waals surface area contributed by atoms with Gasteiger partial charge < -0.3 is 10.6 Å². The van der Waals surface area contributed by atoms with Crippen LogP contribution in [0.5, 0.6) is 0 Å². The van der Waals surface area contributed by atoms with Gasteiger partial charge in [-0.25, -0.2) is 0 Å². The van der Waals surface area contributed by atoms with E-state index in [1.807, 2.05) is 23.5 Å². The van der Waals surface area contributed by atoms with Crippen molar-refractivity contribution in [2.45, 2.75) is 48.6 Å². The lowest BCUT2D eigenvalue weighted by atomic mass is 9.82. The van der Waals surface area contributed by atoms with Crippen LogP contribution in [0.4, 0.5) is 0 Å². The highest BCUT2D eigenvalue weighted by Gasteiger charge is 2.20. The minimum atomic E-state index is 0.843. The highest BCUT2D eigenvalue weighted by molar-refractivity contribution is 7.98. The van der Waals surface area contributed by atoms with Crippen molar-refractivity contribution in [1.82, 2.24) is 10.6 Å². The molecule has 0 amide bonds. The average molecular weight is 415 g/mol. The molecule has 1 aliphatic rings. The SMILES string of the molecule is CSc1ccccc1CNCC1CCC(CNCc2ccccc2SC)CC1. The topological polar surface area (TPSA) is 24.1 Å². The summed E-state index contributed by atoms with van der Waals surface area (Å²) in [4.78, 5) is 2.79. The van der Waals surface area contributed by atoms with E-state index in [1.54, 1.807) is 0 Å². The Morgan fingerprint density at radius 3 is 1.46 bits per heavy atom. The van der Waals surface area contributed by atoms with Crippen molar-refractivity contribution in [3.63, 3.8) is 0 Å². The predicted molar refractivity (Wildman–Crippen MR) is 125 cm³/mol. The molecule has 0 heterocycles. The van der Waals surface area contributed by atoms with Crippen LogP contribution in [-0.2, 0) is 13.1 Å². The fourth-order valence-corrected chi connectivity index (χ4v) is 5.39. The number of hydrogen-bond acceptors (Lipinski definition) is 4. The maximum absolute atomic E-state index is 3.71. The Bertz CT molecular complexity index is 650. The molecule has 3 rings (SSSR count). The van der Waals surface area contributed by atoms with Gasteiger partial charge in [0.1, 0.15) is 0 Å². The summed E-state index contributed by atoms with van der Waals surface area (Å²) >= 11 is 3.68. The van der Waals surface area contributed by atoms with Gasteiger partial charge in [0.25, 0.3) is 0 Å². The Labute approximate surface area is 179 Å². The van der Waals surface area contributed by atoms with Gasteiger partial charge in [0.05, 0.1) is 0 Å². The number of rotatable bonds is 10. The molecule has 152 valence electrons. The average Bonchev–Trinajstić information content (AvgIpc) is 2.75. The van der Waals surface area contributed by atoms with Gasteiger partial charge in [-0.15, -0.1) is 23.5 Å². The molecule has 2 N–H and O–H groups in total. The third kappa shape index (κ3) is 6.55. The van der Waals surface area contributed by atoms with Crippen LogP contribution in [0.1, 0.15) is 36.8 Å². The summed E-state index contributed by atoms with van der Waals surface area (Å²) in [7, 11) is 0. The van der Waals surface area contributed by atoms with Gasteiger partial charge >= 0.3 is 0 Å². The molecule has 0 aromatic heterocycles. The van der Waals surface area contributed by atoms with E-state index in [2.05, 4.69) is 71.7 Å². The molecule has 0 radical (unpaired) electrons. The highest BCUT2D eigenvalue weighted by atomic mass is 32.2. The molecule has 2 nitrogen and oxygen atoms in total. The lowest BCUT2D eigenvalue weighted by Gasteiger charge is -2.29. The summed E-state index contributed by atoms with van der Waals surface area (Å²) in [6.45, 7) is 4.30. The van der Waals surface area contributed by atoms with E-state index in [0.29, 0.717) is 0 Å². The van der Waals surface area contributed by atoms with E-state index in [-0.39, 0.29) is 0 Å². The molecule has 0 unspecified atom stereocenters. The first-order valence-electron chi connectivity index (χ1n) is 10.5. The van der Waals surface area contributed by atoms with Gasteiger partial charge in [-0.3, -0.25) is 0 Å². The lowest BCUT2D eigenvalue weighted by molar-refractivity contribution is 0.260. The fourth-order valence-electron chi connectivity index (χ4n) is 4.16. The molecule has 1 fully saturated rings. The smallest absolute Gasteiger partial charge is 0.0216 e. The third-order valence-corrected chi connectivity index (χ3v) is 7.52. The van der Waals surface area contributed by atoms with Crippen LogP contribution in [0.3, 0.4) is 0 Å². The number of nitrogens with one attached hydrogen (secondary N) is 2. The van der Waals surface area contributed by atoms with Crippen molar-refractivity contribution >= 4 is 23.5 Å². The van der Waals surface area contributed by atoms with E-state index >= 15 is 0 Å². The summed E-state index contributed by atoms with van der Waals surface area (Å²) in [6.07, 6.45) is 9.79. The number of benzene rings is 2. The Morgan fingerprint density at radius 1 is 0.679 bits per heavy atom. The highest BCUT2D eigenvalue weighted by Crippen LogP contribution is 2.28. The second-order valence-electron chi connectivity index (χ2n) is 7.77. The van der Waals surface area contributed by atoms with Crippen molar-refractivity contribution in [1.29, 1.82) is 0 Å². The molecule has 1 saturated carbocycles. The second kappa shape index (κ2) is 11.9. The Hall–Kier alpha value is -0.940. The van der Waals surface area contributed by atoms with Crippen LogP contribution < -0.4 is 10.6 Å². The first-order chi connectivity index (χ1) is 13.8. The zero-order valence-electron chi connectivity index (χ0n) is 17.2. The van der Waals surface area contributed by atoms with Crippen molar-refractivity contribution in [2.75, 3.05) is 25.6 Å². The summed E-state index contributed by atoms with van der Waals surface area (Å²) in [5, 5.41) is 7.41. The molecule has 0 bridgehead atoms. The maximum atomic E-state index is 3.71. The van der Waals surface area contributed by atoms with Gasteiger partial charge in [-0.2, -0.15) is 0 Å². The minimum absolute atomic E-state index is 0.843. The van der Waals surface area contributed by atoms with Crippen LogP contribution in [-0.4, -0.2) is 25.6 Å². The number of hydrogen-bond donors (Lipinski definition) is 2. The molecule has 2 aromatic carbocycles. The van der Waals surface area contributed by atoms with Crippen molar-refractivity contribution in [3.05, 3.63) is 59.7 Å². The lowest BCUT2D eigenvalue weighted by Crippen LogP contribution is -2.30. The maximum Gasteiger partial charge on any atom is 0.0216 e. The van der Waals surface area contributed by atoms with Crippen LogP contribution >= 0.6 is 23.5 Å². The zero-order chi connectivity index (χ0) is 19.6. The minimum Gasteiger partial charge on any atom is -0.312 e. The van der Waals surface area contributed by atoms with Crippen molar-refractivity contribution in [2.24, 2.45) is 11.8 Å². The van der Waals surface area contributed by atoms with Gasteiger partial charge in [0, 0.05) is 22.9 Å². The standard InChI is InChI=1S/C24H34N2S2/c1-27-23-9-5-3-7-21(23)17-25-15-19-11-13-20(14-12-19)16-26-18-22-8-4-6-10-24(22)28-2/h3-10,19-20,25-26H,11-18H2,1-2H3. The molecule has 0 saturated heterocycles. The normalized spacial score (nSPS) is 19.6. The molecule has 0 atom stereocenters. The molecule has 1 aliphatic carbocycles. The van der Waals surface area contributed by atoms with Gasteiger partial charge in [0.2, 0.25) is 0 Å². The monoisotopic (exact) mass is 414 g/mol. The first-order valence-corrected chi connectivity index (χ1v) is 12.9. The largest absolute Gasteiger partial charge is 0.312 e. The van der Waals surface area contributed by atoms with Gasteiger partial charge in [0.15, 0.2) is 0 Å². The van der Waals surface area contributed by atoms with Gasteiger partial charge in [-0.1, -0.05) is 36.4 Å². The van der Waals surface area contributed by atoms with Crippen LogP contribution in [0.15, 0.2) is 58.3 Å². The van der Waals surface area contributed by atoms with E-state index in [0.717, 1.165) is 38.0 Å². The first kappa shape index (κ1) is 21.8. The van der Waals surface area contributed by atoms with Crippen LogP contribution in [0, 0.1) is 11.8 Å². The van der Waals surface area contributed by atoms with Gasteiger partial charge in [-0.05, 0) is 86.4 Å². The van der Waals surface area contributed by atoms with Crippen molar-refractivity contribution in [3.8, 4) is 0 Å². The molecular formula is C24H34N2S2. The number of thioether (sulfide) groups is 2. The van der Waals surface area contributed by atoms with Crippen LogP contribution in [0.25, 0.3) is 0 Å². The fraction of sp³-hybridized carbons (Fsp3) is 0.500. The molecular weight excluding hydrogens is 380 g/mol. The molecule has 0 aliphatic heterocycles. The van der Waals surface area contributed by atoms with E-state index in [9.17, 15) is 0 Å². The predicted octanol–water partition coefficient (Wildman–Crippen LogP) is 5.82. The molecule has 2 aromatic rings. The van der Waals surface area contributed by atoms with E-state index < -0.39 is 0 Å². The molecule has 0 spiro atoms. The van der Waals surface area contributed by atoms with Crippen molar-refractivity contribution < 1.29 is 0 Å². The van der Waals surface area contributed by atoms with Crippen LogP contribution in [0.2, 0.25) is 0 Å². The Kier molecular flexibility index (Phi) is 9.26. The van der Waals surface area contributed by atoms with E-state index in [1.165, 1.54) is 46.6 Å². The zero-order valence-corrected chi connectivity index (χ0v) is 18.9. The molecule has 4 heteroatoms. The second-order valence-corrected chi connectivity index (χ2v) is 9.47. The van der Waals surface area contributed by atoms with E-state index in [4.69, 9.17) is 0 Å². The Balaban J connectivity index is 1.32. The molecule has 28 heavy (non-hydrogen) atoms. The Morgan fingerprint density at radius 2 is 1.07 bits per heavy atom.